The number of hydrogen-bond donors (Lipinski definition) is 2. The number of benzene rings is 1. The van der Waals surface area contributed by atoms with Crippen LogP contribution in [0.3, 0.4) is 0 Å². The van der Waals surface area contributed by atoms with Gasteiger partial charge in [0.2, 0.25) is 5.91 Å². The molecule has 21 heavy (non-hydrogen) atoms. The van der Waals surface area contributed by atoms with E-state index in [1.165, 1.54) is 0 Å². The SMILES string of the molecule is C[C@@H](CN)NC(=O)CCn1c(=O)n(C)c2ccccc21.Cl. The molecule has 1 heterocycles. The van der Waals surface area contributed by atoms with Crippen molar-refractivity contribution in [1.82, 2.24) is 14.5 Å². The Morgan fingerprint density at radius 1 is 1.33 bits per heavy atom. The van der Waals surface area contributed by atoms with Gasteiger partial charge < -0.3 is 11.1 Å². The Morgan fingerprint density at radius 2 is 1.95 bits per heavy atom. The lowest BCUT2D eigenvalue weighted by molar-refractivity contribution is -0.121. The quantitative estimate of drug-likeness (QED) is 0.849. The molecule has 0 aliphatic carbocycles. The molecule has 1 aromatic heterocycles. The largest absolute Gasteiger partial charge is 0.352 e. The second-order valence-electron chi connectivity index (χ2n) is 4.94. The molecule has 2 aromatic rings. The first-order valence-corrected chi connectivity index (χ1v) is 6.68. The molecule has 6 nitrogen and oxygen atoms in total. The van der Waals surface area contributed by atoms with Gasteiger partial charge in [-0.15, -0.1) is 12.4 Å². The highest BCUT2D eigenvalue weighted by molar-refractivity contribution is 5.85. The van der Waals surface area contributed by atoms with Gasteiger partial charge in [0, 0.05) is 32.6 Å². The number of nitrogens with zero attached hydrogens (tertiary/aromatic N) is 2. The van der Waals surface area contributed by atoms with Gasteiger partial charge in [-0.3, -0.25) is 13.9 Å². The summed E-state index contributed by atoms with van der Waals surface area (Å²) in [6.45, 7) is 2.62. The van der Waals surface area contributed by atoms with Crippen LogP contribution in [-0.4, -0.2) is 27.6 Å². The summed E-state index contributed by atoms with van der Waals surface area (Å²) in [4.78, 5) is 23.9. The maximum Gasteiger partial charge on any atom is 0.328 e. The Labute approximate surface area is 129 Å². The maximum absolute atomic E-state index is 12.2. The number of carbonyl (C=O) groups is 1. The Hall–Kier alpha value is -1.79. The Bertz CT molecular complexity index is 677. The summed E-state index contributed by atoms with van der Waals surface area (Å²) in [5, 5.41) is 2.79. The van der Waals surface area contributed by atoms with E-state index in [0.29, 0.717) is 13.1 Å². The number of nitrogens with two attached hydrogens (primary N) is 1. The molecule has 0 fully saturated rings. The van der Waals surface area contributed by atoms with Gasteiger partial charge in [0.05, 0.1) is 11.0 Å². The van der Waals surface area contributed by atoms with Crippen LogP contribution in [0.25, 0.3) is 11.0 Å². The maximum atomic E-state index is 12.2. The standard InChI is InChI=1S/C14H20N4O2.ClH/c1-10(9-15)16-13(19)7-8-18-12-6-4-3-5-11(12)17(2)14(18)20;/h3-6,10H,7-9,15H2,1-2H3,(H,16,19);1H/t10-;/m0./s1. The first-order valence-electron chi connectivity index (χ1n) is 6.68. The minimum atomic E-state index is -0.106. The molecule has 7 heteroatoms. The molecule has 0 bridgehead atoms. The Kier molecular flexibility index (Phi) is 5.99. The van der Waals surface area contributed by atoms with E-state index >= 15 is 0 Å². The van der Waals surface area contributed by atoms with Crippen LogP contribution in [0.2, 0.25) is 0 Å². The summed E-state index contributed by atoms with van der Waals surface area (Å²) in [5.41, 5.74) is 7.07. The number of aromatic nitrogens is 2. The molecule has 3 N–H and O–H groups in total. The zero-order valence-electron chi connectivity index (χ0n) is 12.2. The number of carbonyl (C=O) groups excluding carboxylic acids is 1. The van der Waals surface area contributed by atoms with E-state index in [0.717, 1.165) is 11.0 Å². The van der Waals surface area contributed by atoms with Crippen molar-refractivity contribution in [3.63, 3.8) is 0 Å². The van der Waals surface area contributed by atoms with Crippen LogP contribution in [0.4, 0.5) is 0 Å². The van der Waals surface area contributed by atoms with Gasteiger partial charge in [0.1, 0.15) is 0 Å². The second-order valence-corrected chi connectivity index (χ2v) is 4.94. The smallest absolute Gasteiger partial charge is 0.328 e. The van der Waals surface area contributed by atoms with Crippen molar-refractivity contribution >= 4 is 29.3 Å². The minimum Gasteiger partial charge on any atom is -0.352 e. The number of hydrogen-bond acceptors (Lipinski definition) is 3. The Morgan fingerprint density at radius 3 is 2.57 bits per heavy atom. The number of aryl methyl sites for hydroxylation is 2. The lowest BCUT2D eigenvalue weighted by Gasteiger charge is -2.11. The van der Waals surface area contributed by atoms with Gasteiger partial charge in [-0.2, -0.15) is 0 Å². The number of amides is 1. The van der Waals surface area contributed by atoms with E-state index in [-0.39, 0.29) is 36.5 Å². The lowest BCUT2D eigenvalue weighted by atomic mass is 10.3. The van der Waals surface area contributed by atoms with Crippen molar-refractivity contribution < 1.29 is 4.79 Å². The Balaban J connectivity index is 0.00000220. The molecule has 0 unspecified atom stereocenters. The van der Waals surface area contributed by atoms with Crippen LogP contribution >= 0.6 is 12.4 Å². The van der Waals surface area contributed by atoms with Gasteiger partial charge >= 0.3 is 5.69 Å². The number of rotatable bonds is 5. The fourth-order valence-electron chi connectivity index (χ4n) is 2.20. The number of halogens is 1. The predicted octanol–water partition coefficient (Wildman–Crippen LogP) is 0.615. The van der Waals surface area contributed by atoms with E-state index in [9.17, 15) is 9.59 Å². The van der Waals surface area contributed by atoms with Gasteiger partial charge in [-0.25, -0.2) is 4.79 Å². The fraction of sp³-hybridized carbons (Fsp3) is 0.429. The minimum absolute atomic E-state index is 0. The third kappa shape index (κ3) is 3.65. The zero-order chi connectivity index (χ0) is 14.7. The number of imidazole rings is 1. The topological polar surface area (TPSA) is 82.1 Å². The van der Waals surface area contributed by atoms with Crippen LogP contribution in [0, 0.1) is 0 Å². The van der Waals surface area contributed by atoms with Crippen LogP contribution in [0.1, 0.15) is 13.3 Å². The lowest BCUT2D eigenvalue weighted by Crippen LogP contribution is -2.38. The summed E-state index contributed by atoms with van der Waals surface area (Å²) < 4.78 is 3.22. The highest BCUT2D eigenvalue weighted by Crippen LogP contribution is 2.11. The number of para-hydroxylation sites is 2. The fourth-order valence-corrected chi connectivity index (χ4v) is 2.20. The summed E-state index contributed by atoms with van der Waals surface area (Å²) in [6.07, 6.45) is 0.262. The third-order valence-electron chi connectivity index (χ3n) is 3.38. The zero-order valence-corrected chi connectivity index (χ0v) is 13.0. The van der Waals surface area contributed by atoms with E-state index in [2.05, 4.69) is 5.32 Å². The van der Waals surface area contributed by atoms with Gasteiger partial charge in [0.25, 0.3) is 0 Å². The average Bonchev–Trinajstić information content (AvgIpc) is 2.69. The summed E-state index contributed by atoms with van der Waals surface area (Å²) in [5.74, 6) is -0.0946. The first kappa shape index (κ1) is 17.3. The van der Waals surface area contributed by atoms with E-state index in [4.69, 9.17) is 5.73 Å². The molecule has 0 spiro atoms. The van der Waals surface area contributed by atoms with Crippen LogP contribution in [0.15, 0.2) is 29.1 Å². The molecule has 0 aliphatic rings. The van der Waals surface area contributed by atoms with Crippen molar-refractivity contribution in [3.8, 4) is 0 Å². The molecule has 1 amide bonds. The van der Waals surface area contributed by atoms with Crippen LogP contribution < -0.4 is 16.7 Å². The normalized spacial score (nSPS) is 12.0. The van der Waals surface area contributed by atoms with Gasteiger partial charge in [0.15, 0.2) is 0 Å². The van der Waals surface area contributed by atoms with Crippen molar-refractivity contribution in [2.24, 2.45) is 12.8 Å². The predicted molar refractivity (Wildman–Crippen MR) is 85.7 cm³/mol. The number of nitrogens with one attached hydrogen (secondary N) is 1. The van der Waals surface area contributed by atoms with E-state index in [1.807, 2.05) is 31.2 Å². The molecular weight excluding hydrogens is 292 g/mol. The van der Waals surface area contributed by atoms with Gasteiger partial charge in [-0.05, 0) is 19.1 Å². The van der Waals surface area contributed by atoms with Gasteiger partial charge in [-0.1, -0.05) is 12.1 Å². The molecule has 116 valence electrons. The molecule has 0 radical (unpaired) electrons. The molecule has 1 atom stereocenters. The first-order chi connectivity index (χ1) is 9.54. The van der Waals surface area contributed by atoms with E-state index in [1.54, 1.807) is 16.2 Å². The van der Waals surface area contributed by atoms with Crippen molar-refractivity contribution in [2.45, 2.75) is 25.9 Å². The monoisotopic (exact) mass is 312 g/mol. The highest BCUT2D eigenvalue weighted by Gasteiger charge is 2.12. The van der Waals surface area contributed by atoms with Crippen LogP contribution in [-0.2, 0) is 18.4 Å². The molecular formula is C14H21ClN4O2. The van der Waals surface area contributed by atoms with Crippen molar-refractivity contribution in [1.29, 1.82) is 0 Å². The molecule has 2 rings (SSSR count). The third-order valence-corrected chi connectivity index (χ3v) is 3.38. The van der Waals surface area contributed by atoms with Crippen molar-refractivity contribution in [2.75, 3.05) is 6.54 Å². The number of fused-ring (bicyclic) bond motifs is 1. The summed E-state index contributed by atoms with van der Waals surface area (Å²) in [6, 6.07) is 7.50. The molecule has 1 aromatic carbocycles. The summed E-state index contributed by atoms with van der Waals surface area (Å²) in [7, 11) is 1.73. The van der Waals surface area contributed by atoms with Crippen LogP contribution in [0.5, 0.6) is 0 Å². The van der Waals surface area contributed by atoms with E-state index < -0.39 is 0 Å². The highest BCUT2D eigenvalue weighted by atomic mass is 35.5. The average molecular weight is 313 g/mol. The van der Waals surface area contributed by atoms with Crippen molar-refractivity contribution in [3.05, 3.63) is 34.7 Å². The molecule has 0 saturated carbocycles. The molecule has 0 aliphatic heterocycles. The molecule has 0 saturated heterocycles. The second kappa shape index (κ2) is 7.28. The summed E-state index contributed by atoms with van der Waals surface area (Å²) >= 11 is 0.